The fourth-order valence-corrected chi connectivity index (χ4v) is 1.79. The molecule has 0 fully saturated rings. The lowest BCUT2D eigenvalue weighted by Gasteiger charge is -2.08. The summed E-state index contributed by atoms with van der Waals surface area (Å²) in [5, 5.41) is 3.15. The highest BCUT2D eigenvalue weighted by molar-refractivity contribution is 5.40. The Hall–Kier alpha value is -2.21. The molecule has 1 heterocycles. The molecule has 6 heteroatoms. The van der Waals surface area contributed by atoms with Gasteiger partial charge in [0.25, 0.3) is 0 Å². The molecule has 5 nitrogen and oxygen atoms in total. The van der Waals surface area contributed by atoms with Crippen LogP contribution in [0.1, 0.15) is 11.1 Å². The second kappa shape index (κ2) is 6.10. The molecule has 0 atom stereocenters. The van der Waals surface area contributed by atoms with Crippen molar-refractivity contribution < 1.29 is 4.39 Å². The Morgan fingerprint density at radius 1 is 1.26 bits per heavy atom. The Labute approximate surface area is 111 Å². The molecule has 0 spiro atoms. The minimum Gasteiger partial charge on any atom is -0.368 e. The summed E-state index contributed by atoms with van der Waals surface area (Å²) < 4.78 is 13.0. The molecule has 100 valence electrons. The molecular weight excluding hydrogens is 245 g/mol. The van der Waals surface area contributed by atoms with Crippen LogP contribution in [-0.2, 0) is 6.42 Å². The summed E-state index contributed by atoms with van der Waals surface area (Å²) in [6.45, 7) is 2.59. The van der Waals surface area contributed by atoms with Crippen molar-refractivity contribution in [2.75, 3.05) is 17.3 Å². The number of nitrogens with zero attached hydrogens (tertiary/aromatic N) is 2. The SMILES string of the molecule is Cc1cc(F)ccc1CCNc1cncc(NN)n1. The van der Waals surface area contributed by atoms with E-state index in [2.05, 4.69) is 20.7 Å². The summed E-state index contributed by atoms with van der Waals surface area (Å²) in [5.74, 6) is 6.20. The molecule has 1 aromatic heterocycles. The van der Waals surface area contributed by atoms with Crippen LogP contribution in [0.5, 0.6) is 0 Å². The molecule has 0 bridgehead atoms. The van der Waals surface area contributed by atoms with E-state index in [-0.39, 0.29) is 5.82 Å². The molecule has 0 unspecified atom stereocenters. The second-order valence-electron chi connectivity index (χ2n) is 4.18. The second-order valence-corrected chi connectivity index (χ2v) is 4.18. The third-order valence-electron chi connectivity index (χ3n) is 2.79. The van der Waals surface area contributed by atoms with E-state index in [1.165, 1.54) is 18.3 Å². The Bertz CT molecular complexity index is 558. The number of benzene rings is 1. The van der Waals surface area contributed by atoms with Crippen LogP contribution in [0, 0.1) is 12.7 Å². The zero-order chi connectivity index (χ0) is 13.7. The Kier molecular flexibility index (Phi) is 4.25. The standard InChI is InChI=1S/C13H16FN5/c1-9-6-11(14)3-2-10(9)4-5-17-12-7-16-8-13(18-12)19-15/h2-3,6-8H,4-5,15H2,1H3,(H2,17,18,19). The van der Waals surface area contributed by atoms with E-state index in [9.17, 15) is 4.39 Å². The van der Waals surface area contributed by atoms with Crippen molar-refractivity contribution >= 4 is 11.6 Å². The molecule has 0 radical (unpaired) electrons. The largest absolute Gasteiger partial charge is 0.368 e. The number of aromatic nitrogens is 2. The van der Waals surface area contributed by atoms with Crippen LogP contribution >= 0.6 is 0 Å². The molecule has 2 rings (SSSR count). The lowest BCUT2D eigenvalue weighted by molar-refractivity contribution is 0.625. The highest BCUT2D eigenvalue weighted by Gasteiger charge is 2.01. The molecule has 0 aliphatic carbocycles. The van der Waals surface area contributed by atoms with E-state index in [0.717, 1.165) is 17.5 Å². The first kappa shape index (κ1) is 13.2. The van der Waals surface area contributed by atoms with Gasteiger partial charge in [0, 0.05) is 6.54 Å². The third kappa shape index (κ3) is 3.62. The maximum atomic E-state index is 13.0. The Balaban J connectivity index is 1.92. The van der Waals surface area contributed by atoms with Gasteiger partial charge in [0.2, 0.25) is 0 Å². The quantitative estimate of drug-likeness (QED) is 0.566. The summed E-state index contributed by atoms with van der Waals surface area (Å²) in [6.07, 6.45) is 3.95. The maximum absolute atomic E-state index is 13.0. The number of hydrogen-bond acceptors (Lipinski definition) is 5. The van der Waals surface area contributed by atoms with Gasteiger partial charge in [0.05, 0.1) is 12.4 Å². The van der Waals surface area contributed by atoms with Crippen molar-refractivity contribution in [3.8, 4) is 0 Å². The van der Waals surface area contributed by atoms with Gasteiger partial charge in [-0.2, -0.15) is 0 Å². The Morgan fingerprint density at radius 3 is 2.79 bits per heavy atom. The van der Waals surface area contributed by atoms with Gasteiger partial charge in [-0.05, 0) is 36.6 Å². The van der Waals surface area contributed by atoms with Gasteiger partial charge in [-0.1, -0.05) is 6.07 Å². The number of nitrogen functional groups attached to an aromatic ring is 1. The predicted molar refractivity (Wildman–Crippen MR) is 73.2 cm³/mol. The fraction of sp³-hybridized carbons (Fsp3) is 0.231. The van der Waals surface area contributed by atoms with Gasteiger partial charge in [-0.3, -0.25) is 4.98 Å². The number of nitrogens with two attached hydrogens (primary N) is 1. The number of rotatable bonds is 5. The number of aryl methyl sites for hydroxylation is 1. The highest BCUT2D eigenvalue weighted by atomic mass is 19.1. The predicted octanol–water partition coefficient (Wildman–Crippen LogP) is 1.86. The minimum atomic E-state index is -0.207. The first-order valence-electron chi connectivity index (χ1n) is 5.96. The number of anilines is 2. The van der Waals surface area contributed by atoms with E-state index in [1.54, 1.807) is 12.3 Å². The van der Waals surface area contributed by atoms with Crippen molar-refractivity contribution in [2.45, 2.75) is 13.3 Å². The maximum Gasteiger partial charge on any atom is 0.160 e. The minimum absolute atomic E-state index is 0.207. The van der Waals surface area contributed by atoms with Crippen molar-refractivity contribution in [3.05, 3.63) is 47.5 Å². The van der Waals surface area contributed by atoms with E-state index >= 15 is 0 Å². The topological polar surface area (TPSA) is 75.9 Å². The molecule has 0 saturated heterocycles. The molecule has 0 aliphatic rings. The first-order valence-corrected chi connectivity index (χ1v) is 5.96. The molecule has 4 N–H and O–H groups in total. The van der Waals surface area contributed by atoms with Crippen LogP contribution in [0.4, 0.5) is 16.0 Å². The van der Waals surface area contributed by atoms with Gasteiger partial charge in [-0.15, -0.1) is 0 Å². The lowest BCUT2D eigenvalue weighted by atomic mass is 10.1. The number of hydrazine groups is 1. The Morgan fingerprint density at radius 2 is 2.05 bits per heavy atom. The monoisotopic (exact) mass is 261 g/mol. The van der Waals surface area contributed by atoms with Crippen LogP contribution in [0.3, 0.4) is 0 Å². The van der Waals surface area contributed by atoms with E-state index in [0.29, 0.717) is 18.2 Å². The molecular formula is C13H16FN5. The summed E-state index contributed by atoms with van der Waals surface area (Å²) in [6, 6.07) is 4.81. The van der Waals surface area contributed by atoms with Crippen LogP contribution in [0.25, 0.3) is 0 Å². The fourth-order valence-electron chi connectivity index (χ4n) is 1.79. The zero-order valence-corrected chi connectivity index (χ0v) is 10.7. The van der Waals surface area contributed by atoms with Gasteiger partial charge in [0.15, 0.2) is 5.82 Å². The molecule has 2 aromatic rings. The summed E-state index contributed by atoms with van der Waals surface area (Å²) in [7, 11) is 0. The number of halogens is 1. The average Bonchev–Trinajstić information content (AvgIpc) is 2.41. The van der Waals surface area contributed by atoms with E-state index in [4.69, 9.17) is 5.84 Å². The van der Waals surface area contributed by atoms with Crippen molar-refractivity contribution in [2.24, 2.45) is 5.84 Å². The zero-order valence-electron chi connectivity index (χ0n) is 10.7. The summed E-state index contributed by atoms with van der Waals surface area (Å²) in [5.41, 5.74) is 4.49. The van der Waals surface area contributed by atoms with Crippen LogP contribution < -0.4 is 16.6 Å². The summed E-state index contributed by atoms with van der Waals surface area (Å²) in [4.78, 5) is 8.18. The molecule has 0 saturated carbocycles. The normalized spacial score (nSPS) is 10.3. The van der Waals surface area contributed by atoms with Crippen molar-refractivity contribution in [3.63, 3.8) is 0 Å². The lowest BCUT2D eigenvalue weighted by Crippen LogP contribution is -2.12. The van der Waals surface area contributed by atoms with Crippen LogP contribution in [0.2, 0.25) is 0 Å². The smallest absolute Gasteiger partial charge is 0.160 e. The highest BCUT2D eigenvalue weighted by Crippen LogP contribution is 2.11. The molecule has 0 amide bonds. The van der Waals surface area contributed by atoms with Gasteiger partial charge in [-0.25, -0.2) is 15.2 Å². The number of nitrogens with one attached hydrogen (secondary N) is 2. The van der Waals surface area contributed by atoms with Crippen molar-refractivity contribution in [1.82, 2.24) is 9.97 Å². The molecule has 1 aromatic carbocycles. The average molecular weight is 261 g/mol. The van der Waals surface area contributed by atoms with Gasteiger partial charge < -0.3 is 10.7 Å². The van der Waals surface area contributed by atoms with Crippen molar-refractivity contribution in [1.29, 1.82) is 0 Å². The molecule has 19 heavy (non-hydrogen) atoms. The van der Waals surface area contributed by atoms with Gasteiger partial charge >= 0.3 is 0 Å². The number of hydrogen-bond donors (Lipinski definition) is 3. The first-order chi connectivity index (χ1) is 9.19. The summed E-state index contributed by atoms with van der Waals surface area (Å²) >= 11 is 0. The third-order valence-corrected chi connectivity index (χ3v) is 2.79. The van der Waals surface area contributed by atoms with Gasteiger partial charge in [0.1, 0.15) is 11.6 Å². The van der Waals surface area contributed by atoms with E-state index in [1.807, 2.05) is 6.92 Å². The van der Waals surface area contributed by atoms with Crippen LogP contribution in [-0.4, -0.2) is 16.5 Å². The molecule has 0 aliphatic heterocycles. The van der Waals surface area contributed by atoms with Crippen LogP contribution in [0.15, 0.2) is 30.6 Å². The van der Waals surface area contributed by atoms with E-state index < -0.39 is 0 Å².